The fourth-order valence-electron chi connectivity index (χ4n) is 2.22. The lowest BCUT2D eigenvalue weighted by Gasteiger charge is -2.02. The highest BCUT2D eigenvalue weighted by atomic mass is 32.1. The van der Waals surface area contributed by atoms with E-state index in [0.29, 0.717) is 11.6 Å². The van der Waals surface area contributed by atoms with Crippen molar-refractivity contribution < 1.29 is 4.79 Å². The van der Waals surface area contributed by atoms with Gasteiger partial charge in [0.15, 0.2) is 5.13 Å². The number of benzene rings is 1. The number of carbonyl (C=O) groups excluding carboxylic acids is 1. The number of nitrogens with zero attached hydrogens (tertiary/aromatic N) is 3. The molecule has 7 heteroatoms. The zero-order chi connectivity index (χ0) is 15.1. The third-order valence-electron chi connectivity index (χ3n) is 3.62. The molecule has 4 rings (SSSR count). The molecule has 2 aromatic heterocycles. The van der Waals surface area contributed by atoms with Gasteiger partial charge >= 0.3 is 0 Å². The van der Waals surface area contributed by atoms with Crippen molar-refractivity contribution in [2.45, 2.75) is 18.9 Å². The Morgan fingerprint density at radius 3 is 2.95 bits per heavy atom. The third-order valence-corrected chi connectivity index (χ3v) is 4.55. The van der Waals surface area contributed by atoms with Gasteiger partial charge in [-0.05, 0) is 31.0 Å². The quantitative estimate of drug-likeness (QED) is 0.777. The highest BCUT2D eigenvalue weighted by Crippen LogP contribution is 2.29. The number of thiazole rings is 1. The van der Waals surface area contributed by atoms with Gasteiger partial charge in [-0.25, -0.2) is 4.98 Å². The first kappa shape index (κ1) is 13.3. The SMILES string of the molecule is Cn1nccc1Nc1nc2ccc(C(=O)NC3CC3)cc2s1. The topological polar surface area (TPSA) is 71.8 Å². The monoisotopic (exact) mass is 313 g/mol. The van der Waals surface area contributed by atoms with Gasteiger partial charge in [0.05, 0.1) is 16.4 Å². The fraction of sp³-hybridized carbons (Fsp3) is 0.267. The molecule has 0 saturated heterocycles. The van der Waals surface area contributed by atoms with Crippen molar-refractivity contribution >= 4 is 38.4 Å². The highest BCUT2D eigenvalue weighted by molar-refractivity contribution is 7.22. The number of aromatic nitrogens is 3. The van der Waals surface area contributed by atoms with Gasteiger partial charge in [-0.3, -0.25) is 9.48 Å². The third kappa shape index (κ3) is 2.55. The molecule has 6 nitrogen and oxygen atoms in total. The Morgan fingerprint density at radius 1 is 1.36 bits per heavy atom. The summed E-state index contributed by atoms with van der Waals surface area (Å²) < 4.78 is 2.74. The van der Waals surface area contributed by atoms with Gasteiger partial charge in [0.2, 0.25) is 0 Å². The number of fused-ring (bicyclic) bond motifs is 1. The van der Waals surface area contributed by atoms with Crippen molar-refractivity contribution in [3.05, 3.63) is 36.0 Å². The van der Waals surface area contributed by atoms with Crippen LogP contribution in [-0.2, 0) is 7.05 Å². The summed E-state index contributed by atoms with van der Waals surface area (Å²) >= 11 is 1.53. The second kappa shape index (κ2) is 5.10. The summed E-state index contributed by atoms with van der Waals surface area (Å²) in [6.45, 7) is 0. The van der Waals surface area contributed by atoms with Crippen molar-refractivity contribution in [1.82, 2.24) is 20.1 Å². The Labute approximate surface area is 131 Å². The van der Waals surface area contributed by atoms with Crippen LogP contribution in [0.5, 0.6) is 0 Å². The number of hydrogen-bond donors (Lipinski definition) is 2. The molecule has 0 unspecified atom stereocenters. The van der Waals surface area contributed by atoms with Crippen LogP contribution in [0, 0.1) is 0 Å². The van der Waals surface area contributed by atoms with Crippen LogP contribution in [0.25, 0.3) is 10.2 Å². The number of hydrogen-bond acceptors (Lipinski definition) is 5. The molecular weight excluding hydrogens is 298 g/mol. The van der Waals surface area contributed by atoms with Crippen LogP contribution in [0.15, 0.2) is 30.5 Å². The van der Waals surface area contributed by atoms with E-state index >= 15 is 0 Å². The van der Waals surface area contributed by atoms with Gasteiger partial charge < -0.3 is 10.6 Å². The molecule has 3 aromatic rings. The lowest BCUT2D eigenvalue weighted by Crippen LogP contribution is -2.25. The molecular formula is C15H15N5OS. The van der Waals surface area contributed by atoms with Crippen molar-refractivity contribution in [3.8, 4) is 0 Å². The predicted octanol–water partition coefficient (Wildman–Crippen LogP) is 2.67. The lowest BCUT2D eigenvalue weighted by atomic mass is 10.2. The predicted molar refractivity (Wildman–Crippen MR) is 86.6 cm³/mol. The number of carbonyl (C=O) groups is 1. The molecule has 1 saturated carbocycles. The molecule has 0 aliphatic heterocycles. The molecule has 2 N–H and O–H groups in total. The summed E-state index contributed by atoms with van der Waals surface area (Å²) in [5, 5.41) is 11.1. The van der Waals surface area contributed by atoms with Crippen LogP contribution in [0.4, 0.5) is 10.9 Å². The summed E-state index contributed by atoms with van der Waals surface area (Å²) in [6.07, 6.45) is 3.91. The zero-order valence-electron chi connectivity index (χ0n) is 12.0. The number of rotatable bonds is 4. The normalized spacial score (nSPS) is 14.2. The van der Waals surface area contributed by atoms with Crippen molar-refractivity contribution in [2.75, 3.05) is 5.32 Å². The highest BCUT2D eigenvalue weighted by Gasteiger charge is 2.24. The van der Waals surface area contributed by atoms with E-state index in [4.69, 9.17) is 0 Å². The number of amides is 1. The Bertz CT molecular complexity index is 849. The van der Waals surface area contributed by atoms with E-state index in [1.807, 2.05) is 31.3 Å². The van der Waals surface area contributed by atoms with Crippen LogP contribution < -0.4 is 10.6 Å². The van der Waals surface area contributed by atoms with Crippen molar-refractivity contribution in [1.29, 1.82) is 0 Å². The van der Waals surface area contributed by atoms with E-state index in [9.17, 15) is 4.79 Å². The first-order chi connectivity index (χ1) is 10.7. The number of aryl methyl sites for hydroxylation is 1. The molecule has 0 spiro atoms. The Morgan fingerprint density at radius 2 is 2.23 bits per heavy atom. The van der Waals surface area contributed by atoms with Gasteiger partial charge in [-0.2, -0.15) is 5.10 Å². The molecule has 2 heterocycles. The first-order valence-corrected chi connectivity index (χ1v) is 7.97. The van der Waals surface area contributed by atoms with Gasteiger partial charge in [-0.15, -0.1) is 0 Å². The maximum Gasteiger partial charge on any atom is 0.251 e. The summed E-state index contributed by atoms with van der Waals surface area (Å²) in [5.74, 6) is 0.879. The number of nitrogens with one attached hydrogen (secondary N) is 2. The van der Waals surface area contributed by atoms with Gasteiger partial charge in [-0.1, -0.05) is 11.3 Å². The maximum absolute atomic E-state index is 12.1. The average molecular weight is 313 g/mol. The molecule has 22 heavy (non-hydrogen) atoms. The molecule has 1 aliphatic rings. The second-order valence-electron chi connectivity index (χ2n) is 5.41. The standard InChI is InChI=1S/C15H15N5OS/c1-20-13(6-7-16-20)19-15-18-11-5-2-9(8-12(11)22-15)14(21)17-10-3-4-10/h2,5-8,10H,3-4H2,1H3,(H,17,21)(H,18,19). The maximum atomic E-state index is 12.1. The second-order valence-corrected chi connectivity index (χ2v) is 6.44. The average Bonchev–Trinajstić information content (AvgIpc) is 3.08. The van der Waals surface area contributed by atoms with E-state index in [-0.39, 0.29) is 5.91 Å². The lowest BCUT2D eigenvalue weighted by molar-refractivity contribution is 0.0951. The molecule has 112 valence electrons. The Hall–Kier alpha value is -2.41. The smallest absolute Gasteiger partial charge is 0.251 e. The summed E-state index contributed by atoms with van der Waals surface area (Å²) in [7, 11) is 1.87. The van der Waals surface area contributed by atoms with E-state index in [2.05, 4.69) is 20.7 Å². The molecule has 0 atom stereocenters. The van der Waals surface area contributed by atoms with Crippen LogP contribution in [0.1, 0.15) is 23.2 Å². The summed E-state index contributed by atoms with van der Waals surface area (Å²) in [5.41, 5.74) is 1.58. The zero-order valence-corrected chi connectivity index (χ0v) is 12.9. The first-order valence-electron chi connectivity index (χ1n) is 7.15. The number of anilines is 2. The van der Waals surface area contributed by atoms with Crippen LogP contribution in [0.2, 0.25) is 0 Å². The Kier molecular flexibility index (Phi) is 3.07. The summed E-state index contributed by atoms with van der Waals surface area (Å²) in [6, 6.07) is 7.88. The minimum Gasteiger partial charge on any atom is -0.349 e. The molecule has 0 bridgehead atoms. The molecule has 1 amide bonds. The van der Waals surface area contributed by atoms with Crippen molar-refractivity contribution in [3.63, 3.8) is 0 Å². The van der Waals surface area contributed by atoms with Gasteiger partial charge in [0.1, 0.15) is 5.82 Å². The molecule has 1 aliphatic carbocycles. The Balaban J connectivity index is 1.60. The van der Waals surface area contributed by atoms with Crippen LogP contribution in [-0.4, -0.2) is 26.7 Å². The van der Waals surface area contributed by atoms with E-state index in [0.717, 1.165) is 34.0 Å². The van der Waals surface area contributed by atoms with E-state index in [1.54, 1.807) is 10.9 Å². The summed E-state index contributed by atoms with van der Waals surface area (Å²) in [4.78, 5) is 16.6. The largest absolute Gasteiger partial charge is 0.349 e. The molecule has 1 aromatic carbocycles. The van der Waals surface area contributed by atoms with Gasteiger partial charge in [0, 0.05) is 24.7 Å². The van der Waals surface area contributed by atoms with E-state index in [1.165, 1.54) is 11.3 Å². The molecule has 1 fully saturated rings. The van der Waals surface area contributed by atoms with Crippen LogP contribution in [0.3, 0.4) is 0 Å². The fourth-order valence-corrected chi connectivity index (χ4v) is 3.13. The van der Waals surface area contributed by atoms with Crippen LogP contribution >= 0.6 is 11.3 Å². The molecule has 0 radical (unpaired) electrons. The van der Waals surface area contributed by atoms with E-state index < -0.39 is 0 Å². The van der Waals surface area contributed by atoms with Crippen molar-refractivity contribution in [2.24, 2.45) is 7.05 Å². The minimum atomic E-state index is -0.000978. The minimum absolute atomic E-state index is 0.000978. The van der Waals surface area contributed by atoms with Gasteiger partial charge in [0.25, 0.3) is 5.91 Å².